The van der Waals surface area contributed by atoms with E-state index in [1.54, 1.807) is 0 Å². The van der Waals surface area contributed by atoms with E-state index in [9.17, 15) is 0 Å². The van der Waals surface area contributed by atoms with Crippen molar-refractivity contribution in [3.05, 3.63) is 29.8 Å². The number of fused-ring (bicyclic) bond motifs is 1. The smallest absolute Gasteiger partial charge is 0.124 e. The highest BCUT2D eigenvalue weighted by molar-refractivity contribution is 5.39. The largest absolute Gasteiger partial charge is 0.491 e. The second-order valence-electron chi connectivity index (χ2n) is 6.57. The molecular weight excluding hydrogens is 248 g/mol. The molecule has 110 valence electrons. The molecule has 0 bridgehead atoms. The van der Waals surface area contributed by atoms with E-state index in [4.69, 9.17) is 4.74 Å². The quantitative estimate of drug-likeness (QED) is 0.893. The lowest BCUT2D eigenvalue weighted by molar-refractivity contribution is 0.189. The first-order valence-electron chi connectivity index (χ1n) is 7.90. The summed E-state index contributed by atoms with van der Waals surface area (Å²) in [5, 5.41) is 3.60. The Balaban J connectivity index is 1.53. The van der Waals surface area contributed by atoms with Gasteiger partial charge in [-0.3, -0.25) is 4.90 Å². The number of hydrogen-bond acceptors (Lipinski definition) is 3. The van der Waals surface area contributed by atoms with Crippen LogP contribution in [0.5, 0.6) is 5.75 Å². The molecule has 3 nitrogen and oxygen atoms in total. The summed E-state index contributed by atoms with van der Waals surface area (Å²) < 4.78 is 5.81. The predicted molar refractivity (Wildman–Crippen MR) is 82.1 cm³/mol. The molecular formula is C17H26N2O. The molecule has 3 rings (SSSR count). The number of benzene rings is 1. The van der Waals surface area contributed by atoms with Crippen LogP contribution in [0.15, 0.2) is 24.3 Å². The van der Waals surface area contributed by atoms with Crippen molar-refractivity contribution >= 4 is 0 Å². The summed E-state index contributed by atoms with van der Waals surface area (Å²) in [4.78, 5) is 2.60. The maximum absolute atomic E-state index is 5.81. The molecule has 0 radical (unpaired) electrons. The van der Waals surface area contributed by atoms with Gasteiger partial charge in [-0.2, -0.15) is 0 Å². The molecule has 2 atom stereocenters. The zero-order valence-corrected chi connectivity index (χ0v) is 12.6. The Hall–Kier alpha value is -1.06. The molecule has 1 aromatic carbocycles. The van der Waals surface area contributed by atoms with Crippen molar-refractivity contribution in [2.24, 2.45) is 11.8 Å². The molecule has 0 aromatic heterocycles. The molecule has 0 spiro atoms. The van der Waals surface area contributed by atoms with Crippen LogP contribution in [0, 0.1) is 11.8 Å². The first kappa shape index (κ1) is 13.9. The predicted octanol–water partition coefficient (Wildman–Crippen LogP) is 2.69. The second-order valence-corrected chi connectivity index (χ2v) is 6.57. The highest BCUT2D eigenvalue weighted by Gasteiger charge is 2.33. The molecule has 0 saturated carbocycles. The molecule has 2 aliphatic heterocycles. The second kappa shape index (κ2) is 6.15. The molecule has 2 aliphatic rings. The Bertz CT molecular complexity index is 446. The summed E-state index contributed by atoms with van der Waals surface area (Å²) in [5.41, 5.74) is 1.38. The lowest BCUT2D eigenvalue weighted by Gasteiger charge is -2.23. The molecule has 1 aromatic rings. The van der Waals surface area contributed by atoms with Crippen LogP contribution in [-0.2, 0) is 0 Å². The number of nitrogens with one attached hydrogen (secondary N) is 1. The van der Waals surface area contributed by atoms with Gasteiger partial charge >= 0.3 is 0 Å². The molecule has 0 aliphatic carbocycles. The van der Waals surface area contributed by atoms with Crippen molar-refractivity contribution in [1.29, 1.82) is 0 Å². The van der Waals surface area contributed by atoms with E-state index in [1.165, 1.54) is 25.1 Å². The summed E-state index contributed by atoms with van der Waals surface area (Å²) in [5.74, 6) is 2.61. The highest BCUT2D eigenvalue weighted by atomic mass is 16.5. The standard InChI is InChI=1S/C17H26N2O/c1-13(2)9-18-10-14-7-8-19(11-14)16-12-20-17-6-4-3-5-15(16)17/h3-6,13-14,16,18H,7-12H2,1-2H3. The Labute approximate surface area is 122 Å². The van der Waals surface area contributed by atoms with E-state index in [0.29, 0.717) is 6.04 Å². The normalized spacial score (nSPS) is 25.9. The molecule has 2 unspecified atom stereocenters. The first-order valence-corrected chi connectivity index (χ1v) is 7.90. The van der Waals surface area contributed by atoms with Gasteiger partial charge < -0.3 is 10.1 Å². The molecule has 2 heterocycles. The fourth-order valence-electron chi connectivity index (χ4n) is 3.34. The maximum atomic E-state index is 5.81. The van der Waals surface area contributed by atoms with Crippen LogP contribution in [0.1, 0.15) is 31.9 Å². The van der Waals surface area contributed by atoms with Crippen molar-refractivity contribution in [2.75, 3.05) is 32.8 Å². The van der Waals surface area contributed by atoms with Crippen molar-refractivity contribution in [3.8, 4) is 5.75 Å². The third-order valence-corrected chi connectivity index (χ3v) is 4.42. The SMILES string of the molecule is CC(C)CNCC1CCN(C2COc3ccccc32)C1. The minimum Gasteiger partial charge on any atom is -0.491 e. The van der Waals surface area contributed by atoms with Gasteiger partial charge in [0.25, 0.3) is 0 Å². The molecule has 1 fully saturated rings. The summed E-state index contributed by atoms with van der Waals surface area (Å²) in [7, 11) is 0. The number of likely N-dealkylation sites (tertiary alicyclic amines) is 1. The van der Waals surface area contributed by atoms with Gasteiger partial charge in [0.15, 0.2) is 0 Å². The third kappa shape index (κ3) is 2.99. The van der Waals surface area contributed by atoms with E-state index in [2.05, 4.69) is 48.3 Å². The molecule has 0 amide bonds. The lowest BCUT2D eigenvalue weighted by atomic mass is 10.1. The van der Waals surface area contributed by atoms with Crippen LogP contribution in [0.3, 0.4) is 0 Å². The summed E-state index contributed by atoms with van der Waals surface area (Å²) in [6.07, 6.45) is 1.31. The van der Waals surface area contributed by atoms with Gasteiger partial charge in [0, 0.05) is 12.1 Å². The van der Waals surface area contributed by atoms with E-state index >= 15 is 0 Å². The first-order chi connectivity index (χ1) is 9.74. The Morgan fingerprint density at radius 1 is 1.35 bits per heavy atom. The van der Waals surface area contributed by atoms with Gasteiger partial charge in [-0.05, 0) is 44.0 Å². The molecule has 1 N–H and O–H groups in total. The van der Waals surface area contributed by atoms with Crippen molar-refractivity contribution in [3.63, 3.8) is 0 Å². The fourth-order valence-corrected chi connectivity index (χ4v) is 3.34. The minimum absolute atomic E-state index is 0.473. The maximum Gasteiger partial charge on any atom is 0.124 e. The van der Waals surface area contributed by atoms with Crippen molar-refractivity contribution in [1.82, 2.24) is 10.2 Å². The average Bonchev–Trinajstić information content (AvgIpc) is 3.04. The van der Waals surface area contributed by atoms with Crippen molar-refractivity contribution in [2.45, 2.75) is 26.3 Å². The number of hydrogen-bond donors (Lipinski definition) is 1. The van der Waals surface area contributed by atoms with E-state index in [-0.39, 0.29) is 0 Å². The molecule has 3 heteroatoms. The molecule has 1 saturated heterocycles. The van der Waals surface area contributed by atoms with Crippen LogP contribution >= 0.6 is 0 Å². The third-order valence-electron chi connectivity index (χ3n) is 4.42. The Morgan fingerprint density at radius 2 is 2.20 bits per heavy atom. The van der Waals surface area contributed by atoms with Crippen LogP contribution in [0.25, 0.3) is 0 Å². The van der Waals surface area contributed by atoms with Crippen LogP contribution in [0.2, 0.25) is 0 Å². The Kier molecular flexibility index (Phi) is 4.27. The number of rotatable bonds is 5. The number of nitrogens with zero attached hydrogens (tertiary/aromatic N) is 1. The van der Waals surface area contributed by atoms with Crippen LogP contribution in [0.4, 0.5) is 0 Å². The Morgan fingerprint density at radius 3 is 3.05 bits per heavy atom. The summed E-state index contributed by atoms with van der Waals surface area (Å²) in [6.45, 7) is 10.0. The van der Waals surface area contributed by atoms with Gasteiger partial charge in [-0.1, -0.05) is 32.0 Å². The molecule has 20 heavy (non-hydrogen) atoms. The van der Waals surface area contributed by atoms with Crippen LogP contribution in [-0.4, -0.2) is 37.7 Å². The van der Waals surface area contributed by atoms with Gasteiger partial charge in [-0.15, -0.1) is 0 Å². The van der Waals surface area contributed by atoms with E-state index in [0.717, 1.165) is 37.3 Å². The topological polar surface area (TPSA) is 24.5 Å². The van der Waals surface area contributed by atoms with Gasteiger partial charge in [-0.25, -0.2) is 0 Å². The monoisotopic (exact) mass is 274 g/mol. The number of para-hydroxylation sites is 1. The van der Waals surface area contributed by atoms with Gasteiger partial charge in [0.2, 0.25) is 0 Å². The van der Waals surface area contributed by atoms with Gasteiger partial charge in [0.1, 0.15) is 12.4 Å². The minimum atomic E-state index is 0.473. The van der Waals surface area contributed by atoms with E-state index in [1.807, 2.05) is 0 Å². The average molecular weight is 274 g/mol. The lowest BCUT2D eigenvalue weighted by Crippen LogP contribution is -2.31. The zero-order chi connectivity index (χ0) is 13.9. The van der Waals surface area contributed by atoms with Gasteiger partial charge in [0.05, 0.1) is 6.04 Å². The van der Waals surface area contributed by atoms with Crippen LogP contribution < -0.4 is 10.1 Å². The van der Waals surface area contributed by atoms with E-state index < -0.39 is 0 Å². The summed E-state index contributed by atoms with van der Waals surface area (Å²) in [6, 6.07) is 8.97. The zero-order valence-electron chi connectivity index (χ0n) is 12.6. The highest BCUT2D eigenvalue weighted by Crippen LogP contribution is 2.37. The fraction of sp³-hybridized carbons (Fsp3) is 0.647. The summed E-state index contributed by atoms with van der Waals surface area (Å²) >= 11 is 0. The van der Waals surface area contributed by atoms with Crippen molar-refractivity contribution < 1.29 is 4.74 Å². The number of ether oxygens (including phenoxy) is 1.